The standard InChI is InChI=1S/C16H27N3O/c1-2-18-9-11-19(12-10-18)13-14-20-16-5-3-15(4-6-16)7-8-17/h3-6H,2,7-14,17H2,1H3. The van der Waals surface area contributed by atoms with Crippen molar-refractivity contribution in [3.05, 3.63) is 29.8 Å². The fourth-order valence-electron chi connectivity index (χ4n) is 2.54. The van der Waals surface area contributed by atoms with Crippen LogP contribution in [0.15, 0.2) is 24.3 Å². The summed E-state index contributed by atoms with van der Waals surface area (Å²) < 4.78 is 5.81. The number of piperazine rings is 1. The molecule has 0 spiro atoms. The lowest BCUT2D eigenvalue weighted by molar-refractivity contribution is 0.121. The van der Waals surface area contributed by atoms with Crippen molar-refractivity contribution in [3.8, 4) is 5.75 Å². The normalized spacial score (nSPS) is 17.3. The molecule has 1 heterocycles. The van der Waals surface area contributed by atoms with E-state index in [0.717, 1.165) is 38.4 Å². The first kappa shape index (κ1) is 15.3. The van der Waals surface area contributed by atoms with Crippen molar-refractivity contribution in [2.24, 2.45) is 5.73 Å². The van der Waals surface area contributed by atoms with Crippen LogP contribution in [-0.4, -0.2) is 62.2 Å². The van der Waals surface area contributed by atoms with Crippen LogP contribution in [0, 0.1) is 0 Å². The zero-order valence-electron chi connectivity index (χ0n) is 12.6. The molecule has 20 heavy (non-hydrogen) atoms. The monoisotopic (exact) mass is 277 g/mol. The Morgan fingerprint density at radius 1 is 1.05 bits per heavy atom. The van der Waals surface area contributed by atoms with Gasteiger partial charge in [-0.3, -0.25) is 4.90 Å². The molecule has 1 aliphatic rings. The molecule has 4 nitrogen and oxygen atoms in total. The maximum Gasteiger partial charge on any atom is 0.119 e. The molecule has 0 bridgehead atoms. The predicted octanol–water partition coefficient (Wildman–Crippen LogP) is 1.20. The van der Waals surface area contributed by atoms with Gasteiger partial charge >= 0.3 is 0 Å². The highest BCUT2D eigenvalue weighted by atomic mass is 16.5. The quantitative estimate of drug-likeness (QED) is 0.813. The molecule has 1 aromatic rings. The first-order valence-corrected chi connectivity index (χ1v) is 7.68. The van der Waals surface area contributed by atoms with Crippen molar-refractivity contribution in [3.63, 3.8) is 0 Å². The summed E-state index contributed by atoms with van der Waals surface area (Å²) in [5.41, 5.74) is 6.81. The minimum Gasteiger partial charge on any atom is -0.492 e. The van der Waals surface area contributed by atoms with Crippen molar-refractivity contribution in [1.82, 2.24) is 9.80 Å². The largest absolute Gasteiger partial charge is 0.492 e. The van der Waals surface area contributed by atoms with Gasteiger partial charge in [-0.15, -0.1) is 0 Å². The van der Waals surface area contributed by atoms with Crippen LogP contribution >= 0.6 is 0 Å². The smallest absolute Gasteiger partial charge is 0.119 e. The first-order valence-electron chi connectivity index (χ1n) is 7.68. The summed E-state index contributed by atoms with van der Waals surface area (Å²) in [6, 6.07) is 8.28. The third-order valence-corrected chi connectivity index (χ3v) is 3.94. The van der Waals surface area contributed by atoms with E-state index in [1.165, 1.54) is 25.2 Å². The minimum absolute atomic E-state index is 0.698. The van der Waals surface area contributed by atoms with Gasteiger partial charge in [0.15, 0.2) is 0 Å². The van der Waals surface area contributed by atoms with Crippen LogP contribution in [0.2, 0.25) is 0 Å². The molecule has 0 radical (unpaired) electrons. The SMILES string of the molecule is CCN1CCN(CCOc2ccc(CCN)cc2)CC1. The van der Waals surface area contributed by atoms with Gasteiger partial charge in [0.05, 0.1) is 0 Å². The number of nitrogens with two attached hydrogens (primary N) is 1. The molecule has 112 valence electrons. The molecular weight excluding hydrogens is 250 g/mol. The molecule has 1 aliphatic heterocycles. The van der Waals surface area contributed by atoms with Crippen LogP contribution in [-0.2, 0) is 6.42 Å². The van der Waals surface area contributed by atoms with Crippen LogP contribution in [0.1, 0.15) is 12.5 Å². The van der Waals surface area contributed by atoms with Crippen LogP contribution in [0.4, 0.5) is 0 Å². The Hall–Kier alpha value is -1.10. The van der Waals surface area contributed by atoms with E-state index < -0.39 is 0 Å². The Kier molecular flexibility index (Phi) is 6.30. The van der Waals surface area contributed by atoms with Crippen LogP contribution in [0.25, 0.3) is 0 Å². The van der Waals surface area contributed by atoms with Crippen molar-refractivity contribution < 1.29 is 4.74 Å². The van der Waals surface area contributed by atoms with E-state index in [9.17, 15) is 0 Å². The highest BCUT2D eigenvalue weighted by molar-refractivity contribution is 5.27. The molecule has 0 atom stereocenters. The second-order valence-electron chi connectivity index (χ2n) is 5.31. The lowest BCUT2D eigenvalue weighted by atomic mass is 10.1. The van der Waals surface area contributed by atoms with E-state index >= 15 is 0 Å². The van der Waals surface area contributed by atoms with E-state index in [4.69, 9.17) is 10.5 Å². The molecule has 0 aromatic heterocycles. The number of likely N-dealkylation sites (N-methyl/N-ethyl adjacent to an activating group) is 1. The van der Waals surface area contributed by atoms with Gasteiger partial charge in [-0.25, -0.2) is 0 Å². The van der Waals surface area contributed by atoms with Gasteiger partial charge in [0, 0.05) is 32.7 Å². The summed E-state index contributed by atoms with van der Waals surface area (Å²) >= 11 is 0. The molecule has 1 fully saturated rings. The highest BCUT2D eigenvalue weighted by Crippen LogP contribution is 2.12. The van der Waals surface area contributed by atoms with Crippen molar-refractivity contribution in [1.29, 1.82) is 0 Å². The predicted molar refractivity (Wildman–Crippen MR) is 83.2 cm³/mol. The molecule has 4 heteroatoms. The summed E-state index contributed by atoms with van der Waals surface area (Å²) in [6.45, 7) is 10.6. The molecule has 2 N–H and O–H groups in total. The summed E-state index contributed by atoms with van der Waals surface area (Å²) in [7, 11) is 0. The Morgan fingerprint density at radius 3 is 2.30 bits per heavy atom. The molecule has 0 amide bonds. The molecule has 0 aliphatic carbocycles. The highest BCUT2D eigenvalue weighted by Gasteiger charge is 2.14. The zero-order chi connectivity index (χ0) is 14.2. The van der Waals surface area contributed by atoms with Gasteiger partial charge in [-0.05, 0) is 37.2 Å². The van der Waals surface area contributed by atoms with Crippen molar-refractivity contribution >= 4 is 0 Å². The third-order valence-electron chi connectivity index (χ3n) is 3.94. The summed E-state index contributed by atoms with van der Waals surface area (Å²) in [6.07, 6.45) is 0.933. The van der Waals surface area contributed by atoms with E-state index in [-0.39, 0.29) is 0 Å². The fraction of sp³-hybridized carbons (Fsp3) is 0.625. The van der Waals surface area contributed by atoms with Gasteiger partial charge in [0.1, 0.15) is 12.4 Å². The minimum atomic E-state index is 0.698. The number of nitrogens with zero attached hydrogens (tertiary/aromatic N) is 2. The lowest BCUT2D eigenvalue weighted by Crippen LogP contribution is -2.47. The first-order chi connectivity index (χ1) is 9.81. The molecule has 1 aromatic carbocycles. The molecule has 2 rings (SSSR count). The number of ether oxygens (including phenoxy) is 1. The number of hydrogen-bond acceptors (Lipinski definition) is 4. The van der Waals surface area contributed by atoms with Crippen molar-refractivity contribution in [2.45, 2.75) is 13.3 Å². The van der Waals surface area contributed by atoms with Gasteiger partial charge in [0.2, 0.25) is 0 Å². The second kappa shape index (κ2) is 8.25. The number of rotatable bonds is 7. The Morgan fingerprint density at radius 2 is 1.70 bits per heavy atom. The van der Waals surface area contributed by atoms with Gasteiger partial charge in [-0.1, -0.05) is 19.1 Å². The Labute approximate surface area is 122 Å². The Bertz CT molecular complexity index is 372. The topological polar surface area (TPSA) is 41.7 Å². The van der Waals surface area contributed by atoms with Gasteiger partial charge in [0.25, 0.3) is 0 Å². The molecular formula is C16H27N3O. The van der Waals surface area contributed by atoms with Gasteiger partial charge in [-0.2, -0.15) is 0 Å². The number of hydrogen-bond donors (Lipinski definition) is 1. The fourth-order valence-corrected chi connectivity index (χ4v) is 2.54. The van der Waals surface area contributed by atoms with E-state index in [1.54, 1.807) is 0 Å². The van der Waals surface area contributed by atoms with Crippen LogP contribution in [0.5, 0.6) is 5.75 Å². The lowest BCUT2D eigenvalue weighted by Gasteiger charge is -2.33. The molecule has 1 saturated heterocycles. The second-order valence-corrected chi connectivity index (χ2v) is 5.31. The average molecular weight is 277 g/mol. The van der Waals surface area contributed by atoms with Crippen LogP contribution in [0.3, 0.4) is 0 Å². The third kappa shape index (κ3) is 4.78. The van der Waals surface area contributed by atoms with E-state index in [0.29, 0.717) is 6.54 Å². The van der Waals surface area contributed by atoms with E-state index in [2.05, 4.69) is 28.9 Å². The average Bonchev–Trinajstić information content (AvgIpc) is 2.50. The summed E-state index contributed by atoms with van der Waals surface area (Å²) in [5.74, 6) is 0.956. The summed E-state index contributed by atoms with van der Waals surface area (Å²) in [5, 5.41) is 0. The molecule has 0 unspecified atom stereocenters. The maximum atomic E-state index is 5.81. The van der Waals surface area contributed by atoms with Crippen LogP contribution < -0.4 is 10.5 Å². The van der Waals surface area contributed by atoms with E-state index in [1.807, 2.05) is 12.1 Å². The summed E-state index contributed by atoms with van der Waals surface area (Å²) in [4.78, 5) is 4.97. The molecule has 0 saturated carbocycles. The Balaban J connectivity index is 1.65. The van der Waals surface area contributed by atoms with Crippen molar-refractivity contribution in [2.75, 3.05) is 52.4 Å². The van der Waals surface area contributed by atoms with Gasteiger partial charge < -0.3 is 15.4 Å². The maximum absolute atomic E-state index is 5.81. The number of benzene rings is 1. The zero-order valence-corrected chi connectivity index (χ0v) is 12.6.